The van der Waals surface area contributed by atoms with Crippen molar-refractivity contribution < 1.29 is 17.5 Å². The molecule has 1 aliphatic heterocycles. The quantitative estimate of drug-likeness (QED) is 0.0939. The summed E-state index contributed by atoms with van der Waals surface area (Å²) in [5, 5.41) is 4.77. The van der Waals surface area contributed by atoms with Gasteiger partial charge in [-0.1, -0.05) is 103 Å². The number of allylic oxidation sites excluding steroid dienone is 2. The Morgan fingerprint density at radius 1 is 0.932 bits per heavy atom. The van der Waals surface area contributed by atoms with Crippen molar-refractivity contribution in [3.8, 4) is 0 Å². The Kier molecular flexibility index (Phi) is 9.05. The minimum absolute atomic E-state index is 0.266. The number of hydrogen-bond donors (Lipinski definition) is 1. The summed E-state index contributed by atoms with van der Waals surface area (Å²) in [7, 11) is -4.03. The third kappa shape index (κ3) is 6.69. The fraction of sp³-hybridized carbons (Fsp3) is 0.194. The number of rotatable bonds is 10. The molecule has 0 atom stereocenters. The highest BCUT2D eigenvalue weighted by molar-refractivity contribution is 8.03. The standard InChI is InChI=1S/C36H34N2O3S3/c1-3-26(24-34-37(4-2)36-30-14-9-8-13-29(30)18-20-32(36)42-34)25-35-38(21-10-22-44(39,40)41)31-19-17-28(23-33(31)43-35)16-15-27-11-6-5-7-12-27/h5-9,11-20,23-25H,3-4,10,21-22H2,1-2H3/p+1/b16-15+. The molecule has 6 rings (SSSR count). The Labute approximate surface area is 267 Å². The van der Waals surface area contributed by atoms with Crippen LogP contribution in [0.3, 0.4) is 0 Å². The maximum atomic E-state index is 11.5. The van der Waals surface area contributed by atoms with Crippen LogP contribution >= 0.6 is 23.1 Å². The minimum Gasteiger partial charge on any atom is -0.335 e. The van der Waals surface area contributed by atoms with E-state index < -0.39 is 10.1 Å². The van der Waals surface area contributed by atoms with Gasteiger partial charge in [0.2, 0.25) is 5.52 Å². The predicted molar refractivity (Wildman–Crippen MR) is 188 cm³/mol. The molecule has 0 aliphatic carbocycles. The molecular weight excluding hydrogens is 605 g/mol. The molecule has 224 valence electrons. The smallest absolute Gasteiger partial charge is 0.264 e. The van der Waals surface area contributed by atoms with Crippen LogP contribution in [0.2, 0.25) is 0 Å². The fourth-order valence-electron chi connectivity index (χ4n) is 5.58. The van der Waals surface area contributed by atoms with E-state index in [2.05, 4.69) is 114 Å². The molecule has 0 saturated heterocycles. The van der Waals surface area contributed by atoms with E-state index in [1.54, 1.807) is 11.8 Å². The molecule has 2 heterocycles. The Balaban J connectivity index is 1.36. The number of thiazole rings is 1. The largest absolute Gasteiger partial charge is 0.335 e. The lowest BCUT2D eigenvalue weighted by molar-refractivity contribution is -0.664. The molecule has 0 spiro atoms. The van der Waals surface area contributed by atoms with Crippen LogP contribution < -0.4 is 9.47 Å². The van der Waals surface area contributed by atoms with Crippen molar-refractivity contribution in [2.75, 3.05) is 17.2 Å². The summed E-state index contributed by atoms with van der Waals surface area (Å²) in [4.78, 5) is 3.32. The number of fused-ring (bicyclic) bond motifs is 4. The molecule has 1 N–H and O–H groups in total. The highest BCUT2D eigenvalue weighted by Crippen LogP contribution is 2.47. The van der Waals surface area contributed by atoms with Gasteiger partial charge in [0.15, 0.2) is 0 Å². The van der Waals surface area contributed by atoms with E-state index >= 15 is 0 Å². The van der Waals surface area contributed by atoms with Gasteiger partial charge in [0.05, 0.1) is 21.9 Å². The third-order valence-corrected chi connectivity index (χ3v) is 10.8. The number of hydrogen-bond acceptors (Lipinski definition) is 5. The summed E-state index contributed by atoms with van der Waals surface area (Å²) in [6, 6.07) is 29.6. The van der Waals surface area contributed by atoms with Crippen LogP contribution in [0.5, 0.6) is 0 Å². The summed E-state index contributed by atoms with van der Waals surface area (Å²) in [5.74, 6) is -0.266. The highest BCUT2D eigenvalue weighted by atomic mass is 32.2. The lowest BCUT2D eigenvalue weighted by Gasteiger charge is -2.20. The first kappa shape index (κ1) is 30.3. The maximum absolute atomic E-state index is 11.5. The number of aryl methyl sites for hydroxylation is 1. The minimum atomic E-state index is -4.03. The van der Waals surface area contributed by atoms with Gasteiger partial charge >= 0.3 is 0 Å². The van der Waals surface area contributed by atoms with Crippen LogP contribution in [0.1, 0.15) is 42.8 Å². The van der Waals surface area contributed by atoms with Gasteiger partial charge in [0, 0.05) is 17.5 Å². The summed E-state index contributed by atoms with van der Waals surface area (Å²) in [6.45, 7) is 5.73. The third-order valence-electron chi connectivity index (χ3n) is 7.76. The van der Waals surface area contributed by atoms with Gasteiger partial charge in [-0.15, -0.1) is 0 Å². The molecule has 0 radical (unpaired) electrons. The topological polar surface area (TPSA) is 61.5 Å². The zero-order valence-electron chi connectivity index (χ0n) is 24.8. The second-order valence-electron chi connectivity index (χ2n) is 10.7. The fourth-order valence-corrected chi connectivity index (χ4v) is 8.51. The molecule has 0 amide bonds. The molecule has 4 aromatic carbocycles. The van der Waals surface area contributed by atoms with E-state index in [0.717, 1.165) is 39.7 Å². The van der Waals surface area contributed by atoms with E-state index in [-0.39, 0.29) is 5.75 Å². The van der Waals surface area contributed by atoms with E-state index in [1.807, 2.05) is 29.5 Å². The Morgan fingerprint density at radius 2 is 1.70 bits per heavy atom. The van der Waals surface area contributed by atoms with Crippen molar-refractivity contribution in [1.29, 1.82) is 0 Å². The summed E-state index contributed by atoms with van der Waals surface area (Å²) < 4.78 is 36.1. The SMILES string of the molecule is CCC(=C\c1sc2ccc3ccccc3c2[n+]1CC)/C=C1/Sc2cc(/C=C/c3ccccc3)ccc2N1CCCS(=O)(=O)O. The lowest BCUT2D eigenvalue weighted by atomic mass is 10.1. The number of aromatic nitrogens is 1. The molecule has 5 nitrogen and oxygen atoms in total. The van der Waals surface area contributed by atoms with Gasteiger partial charge in [-0.25, -0.2) is 0 Å². The Bertz CT molecular complexity index is 2030. The Hall–Kier alpha value is -3.69. The normalized spacial score (nSPS) is 14.8. The van der Waals surface area contributed by atoms with Crippen LogP contribution in [0.4, 0.5) is 5.69 Å². The van der Waals surface area contributed by atoms with Gasteiger partial charge in [-0.05, 0) is 72.2 Å². The van der Waals surface area contributed by atoms with Gasteiger partial charge in [0.25, 0.3) is 15.1 Å². The Morgan fingerprint density at radius 3 is 2.48 bits per heavy atom. The monoisotopic (exact) mass is 639 g/mol. The van der Waals surface area contributed by atoms with Gasteiger partial charge in [-0.3, -0.25) is 4.55 Å². The summed E-state index contributed by atoms with van der Waals surface area (Å²) in [5.41, 5.74) is 5.77. The average Bonchev–Trinajstić information content (AvgIpc) is 3.56. The van der Waals surface area contributed by atoms with Crippen LogP contribution in [-0.4, -0.2) is 25.3 Å². The van der Waals surface area contributed by atoms with Crippen molar-refractivity contribution in [2.45, 2.75) is 38.1 Å². The van der Waals surface area contributed by atoms with Crippen molar-refractivity contribution in [1.82, 2.24) is 0 Å². The van der Waals surface area contributed by atoms with E-state index in [0.29, 0.717) is 13.0 Å². The van der Waals surface area contributed by atoms with Gasteiger partial charge in [-0.2, -0.15) is 13.0 Å². The first-order valence-electron chi connectivity index (χ1n) is 14.9. The second kappa shape index (κ2) is 13.1. The second-order valence-corrected chi connectivity index (χ2v) is 14.4. The van der Waals surface area contributed by atoms with Crippen LogP contribution in [0, 0.1) is 0 Å². The van der Waals surface area contributed by atoms with E-state index in [4.69, 9.17) is 0 Å². The molecule has 0 bridgehead atoms. The lowest BCUT2D eigenvalue weighted by Crippen LogP contribution is -2.33. The van der Waals surface area contributed by atoms with Crippen molar-refractivity contribution >= 4 is 78.1 Å². The molecular formula is C36H35N2O3S3+. The van der Waals surface area contributed by atoms with Crippen molar-refractivity contribution in [2.24, 2.45) is 0 Å². The number of anilines is 1. The summed E-state index contributed by atoms with van der Waals surface area (Å²) in [6.07, 6.45) is 9.94. The number of nitrogens with zero attached hydrogens (tertiary/aromatic N) is 2. The molecule has 1 aromatic heterocycles. The summed E-state index contributed by atoms with van der Waals surface area (Å²) >= 11 is 3.52. The molecule has 0 saturated carbocycles. The number of thioether (sulfide) groups is 1. The van der Waals surface area contributed by atoms with Crippen LogP contribution in [0.25, 0.3) is 39.2 Å². The predicted octanol–water partition coefficient (Wildman–Crippen LogP) is 9.06. The molecule has 44 heavy (non-hydrogen) atoms. The van der Waals surface area contributed by atoms with Crippen LogP contribution in [0.15, 0.2) is 107 Å². The molecule has 8 heteroatoms. The molecule has 0 unspecified atom stereocenters. The maximum Gasteiger partial charge on any atom is 0.264 e. The first-order valence-corrected chi connectivity index (χ1v) is 18.1. The van der Waals surface area contributed by atoms with Crippen molar-refractivity contribution in [3.05, 3.63) is 118 Å². The molecule has 1 aliphatic rings. The van der Waals surface area contributed by atoms with Crippen molar-refractivity contribution in [3.63, 3.8) is 0 Å². The first-order chi connectivity index (χ1) is 21.3. The van der Waals surface area contributed by atoms with E-state index in [9.17, 15) is 13.0 Å². The van der Waals surface area contributed by atoms with Gasteiger partial charge < -0.3 is 4.90 Å². The highest BCUT2D eigenvalue weighted by Gasteiger charge is 2.26. The van der Waals surface area contributed by atoms with E-state index in [1.165, 1.54) is 31.6 Å². The van der Waals surface area contributed by atoms with Gasteiger partial charge in [0.1, 0.15) is 11.2 Å². The molecule has 0 fully saturated rings. The molecule has 5 aromatic rings. The average molecular weight is 640 g/mol. The zero-order chi connectivity index (χ0) is 30.7. The number of benzene rings is 4. The zero-order valence-corrected chi connectivity index (χ0v) is 27.3. The van der Waals surface area contributed by atoms with Crippen LogP contribution in [-0.2, 0) is 16.7 Å².